The molecule has 1 atom stereocenters. The highest BCUT2D eigenvalue weighted by Gasteiger charge is 2.23. The molecule has 0 saturated carbocycles. The molecule has 4 nitrogen and oxygen atoms in total. The zero-order valence-electron chi connectivity index (χ0n) is 14.5. The summed E-state index contributed by atoms with van der Waals surface area (Å²) in [5.41, 5.74) is 2.61. The topological polar surface area (TPSA) is 24.9 Å². The Bertz CT molecular complexity index is 573. The molecule has 0 N–H and O–H groups in total. The van der Waals surface area contributed by atoms with Crippen LogP contribution in [0.15, 0.2) is 43.5 Å². The van der Waals surface area contributed by atoms with Gasteiger partial charge in [-0.2, -0.15) is 0 Å². The second-order valence-corrected chi connectivity index (χ2v) is 6.45. The Hall–Kier alpha value is -1.78. The van der Waals surface area contributed by atoms with Gasteiger partial charge in [0.15, 0.2) is 0 Å². The lowest BCUT2D eigenvalue weighted by Gasteiger charge is -2.34. The molecule has 1 saturated heterocycles. The summed E-state index contributed by atoms with van der Waals surface area (Å²) < 4.78 is 12.1. The van der Waals surface area contributed by atoms with Crippen LogP contribution in [-0.4, -0.2) is 56.9 Å². The van der Waals surface area contributed by atoms with Crippen LogP contribution >= 0.6 is 0 Å². The minimum absolute atomic E-state index is 0.117. The monoisotopic (exact) mass is 328 g/mol. The van der Waals surface area contributed by atoms with Gasteiger partial charge in [-0.3, -0.25) is 4.90 Å². The molecule has 4 heteroatoms. The number of benzene rings is 1. The summed E-state index contributed by atoms with van der Waals surface area (Å²) in [7, 11) is 0. The van der Waals surface area contributed by atoms with Crippen LogP contribution in [0.4, 0.5) is 5.69 Å². The van der Waals surface area contributed by atoms with E-state index < -0.39 is 0 Å². The fraction of sp³-hybridized carbons (Fsp3) is 0.500. The van der Waals surface area contributed by atoms with Gasteiger partial charge in [0.25, 0.3) is 0 Å². The second-order valence-electron chi connectivity index (χ2n) is 6.45. The number of para-hydroxylation sites is 1. The van der Waals surface area contributed by atoms with Crippen LogP contribution in [0.25, 0.3) is 0 Å². The number of fused-ring (bicyclic) bond motifs is 1. The second kappa shape index (κ2) is 8.36. The highest BCUT2D eigenvalue weighted by atomic mass is 16.5. The predicted molar refractivity (Wildman–Crippen MR) is 99.0 cm³/mol. The van der Waals surface area contributed by atoms with Gasteiger partial charge >= 0.3 is 0 Å². The van der Waals surface area contributed by atoms with Crippen LogP contribution in [0, 0.1) is 0 Å². The minimum Gasteiger partial charge on any atom is -0.489 e. The molecular formula is C20H28N2O2. The lowest BCUT2D eigenvalue weighted by atomic mass is 10.0. The lowest BCUT2D eigenvalue weighted by Crippen LogP contribution is -2.45. The van der Waals surface area contributed by atoms with Crippen LogP contribution in [0.2, 0.25) is 0 Å². The first-order valence-corrected chi connectivity index (χ1v) is 8.87. The number of hydrogen-bond donors (Lipinski definition) is 0. The molecule has 3 rings (SSSR count). The molecule has 1 aromatic rings. The van der Waals surface area contributed by atoms with E-state index in [9.17, 15) is 0 Å². The molecule has 0 bridgehead atoms. The number of morpholine rings is 1. The van der Waals surface area contributed by atoms with Crippen molar-refractivity contribution in [1.82, 2.24) is 4.90 Å². The van der Waals surface area contributed by atoms with Gasteiger partial charge in [0, 0.05) is 32.7 Å². The smallest absolute Gasteiger partial charge is 0.143 e. The first kappa shape index (κ1) is 17.1. The third-order valence-corrected chi connectivity index (χ3v) is 4.66. The van der Waals surface area contributed by atoms with Crippen LogP contribution in [0.5, 0.6) is 5.75 Å². The predicted octanol–water partition coefficient (Wildman–Crippen LogP) is 2.89. The molecule has 0 unspecified atom stereocenters. The third kappa shape index (κ3) is 4.00. The number of anilines is 1. The fourth-order valence-corrected chi connectivity index (χ4v) is 3.57. The van der Waals surface area contributed by atoms with Crippen molar-refractivity contribution in [3.05, 3.63) is 49.1 Å². The normalized spacial score (nSPS) is 21.2. The van der Waals surface area contributed by atoms with Gasteiger partial charge in [-0.1, -0.05) is 24.3 Å². The number of rotatable bonds is 7. The molecule has 2 aliphatic heterocycles. The van der Waals surface area contributed by atoms with Crippen molar-refractivity contribution < 1.29 is 9.47 Å². The molecule has 0 amide bonds. The Labute approximate surface area is 145 Å². The van der Waals surface area contributed by atoms with Crippen LogP contribution < -0.4 is 9.64 Å². The van der Waals surface area contributed by atoms with Crippen molar-refractivity contribution in [2.75, 3.05) is 50.8 Å². The Kier molecular flexibility index (Phi) is 5.94. The van der Waals surface area contributed by atoms with E-state index in [0.717, 1.165) is 51.5 Å². The Morgan fingerprint density at radius 3 is 2.92 bits per heavy atom. The van der Waals surface area contributed by atoms with Crippen molar-refractivity contribution in [2.45, 2.75) is 18.9 Å². The number of hydrogen-bond acceptors (Lipinski definition) is 4. The van der Waals surface area contributed by atoms with Gasteiger partial charge in [-0.15, -0.1) is 13.2 Å². The van der Waals surface area contributed by atoms with Crippen molar-refractivity contribution in [2.24, 2.45) is 0 Å². The van der Waals surface area contributed by atoms with E-state index >= 15 is 0 Å². The van der Waals surface area contributed by atoms with Gasteiger partial charge in [0.1, 0.15) is 18.5 Å². The summed E-state index contributed by atoms with van der Waals surface area (Å²) in [6.07, 6.45) is 6.33. The summed E-state index contributed by atoms with van der Waals surface area (Å²) in [5.74, 6) is 0.971. The van der Waals surface area contributed by atoms with Gasteiger partial charge < -0.3 is 14.4 Å². The third-order valence-electron chi connectivity index (χ3n) is 4.66. The van der Waals surface area contributed by atoms with E-state index in [2.05, 4.69) is 41.2 Å². The first-order chi connectivity index (χ1) is 11.8. The van der Waals surface area contributed by atoms with E-state index in [0.29, 0.717) is 6.61 Å². The summed E-state index contributed by atoms with van der Waals surface area (Å²) in [6, 6.07) is 6.38. The minimum atomic E-state index is 0.117. The molecule has 0 aliphatic carbocycles. The Morgan fingerprint density at radius 1 is 1.21 bits per heavy atom. The van der Waals surface area contributed by atoms with Gasteiger partial charge in [-0.25, -0.2) is 0 Å². The number of nitrogens with zero attached hydrogens (tertiary/aromatic N) is 2. The van der Waals surface area contributed by atoms with Crippen molar-refractivity contribution in [3.8, 4) is 5.75 Å². The van der Waals surface area contributed by atoms with Crippen LogP contribution in [0.1, 0.15) is 12.0 Å². The molecule has 0 aromatic heterocycles. The van der Waals surface area contributed by atoms with Crippen molar-refractivity contribution in [1.29, 1.82) is 0 Å². The molecular weight excluding hydrogens is 300 g/mol. The highest BCUT2D eigenvalue weighted by molar-refractivity contribution is 5.65. The zero-order valence-corrected chi connectivity index (χ0v) is 14.5. The van der Waals surface area contributed by atoms with E-state index in [1.165, 1.54) is 17.7 Å². The fourth-order valence-electron chi connectivity index (χ4n) is 3.57. The average Bonchev–Trinajstić information content (AvgIpc) is 2.61. The highest BCUT2D eigenvalue weighted by Crippen LogP contribution is 2.36. The largest absolute Gasteiger partial charge is 0.489 e. The Morgan fingerprint density at radius 2 is 2.08 bits per heavy atom. The van der Waals surface area contributed by atoms with Crippen molar-refractivity contribution >= 4 is 5.69 Å². The van der Waals surface area contributed by atoms with Crippen LogP contribution in [-0.2, 0) is 11.2 Å². The maximum atomic E-state index is 6.19. The van der Waals surface area contributed by atoms with Gasteiger partial charge in [-0.05, 0) is 24.5 Å². The Balaban J connectivity index is 1.67. The first-order valence-electron chi connectivity index (χ1n) is 8.87. The summed E-state index contributed by atoms with van der Waals surface area (Å²) in [6.45, 7) is 13.8. The molecule has 1 aromatic carbocycles. The zero-order chi connectivity index (χ0) is 16.8. The van der Waals surface area contributed by atoms with E-state index in [1.807, 2.05) is 12.2 Å². The summed E-state index contributed by atoms with van der Waals surface area (Å²) in [4.78, 5) is 4.72. The number of ether oxygens (including phenoxy) is 2. The molecule has 1 fully saturated rings. The molecule has 2 aliphatic rings. The molecule has 24 heavy (non-hydrogen) atoms. The molecule has 2 heterocycles. The molecule has 130 valence electrons. The van der Waals surface area contributed by atoms with E-state index in [-0.39, 0.29) is 6.10 Å². The molecule has 0 radical (unpaired) electrons. The van der Waals surface area contributed by atoms with Crippen molar-refractivity contribution in [3.63, 3.8) is 0 Å². The van der Waals surface area contributed by atoms with Gasteiger partial charge in [0.2, 0.25) is 0 Å². The quantitative estimate of drug-likeness (QED) is 0.719. The lowest BCUT2D eigenvalue weighted by molar-refractivity contribution is -0.0445. The summed E-state index contributed by atoms with van der Waals surface area (Å²) >= 11 is 0. The SMILES string of the molecule is C=CCN1CCO[C@H](COc2cccc3c2N(CC=C)CCC3)C1. The van der Waals surface area contributed by atoms with E-state index in [1.54, 1.807) is 0 Å². The number of aryl methyl sites for hydroxylation is 1. The summed E-state index contributed by atoms with van der Waals surface area (Å²) in [5, 5.41) is 0. The van der Waals surface area contributed by atoms with Gasteiger partial charge in [0.05, 0.1) is 12.3 Å². The maximum absolute atomic E-state index is 6.19. The maximum Gasteiger partial charge on any atom is 0.143 e. The standard InChI is InChI=1S/C20H28N2O2/c1-3-10-21-13-14-23-18(15-21)16-24-19-9-5-7-17-8-6-12-22(11-4-2)20(17)19/h3-5,7,9,18H,1-2,6,8,10-16H2/t18-/m0/s1. The molecule has 0 spiro atoms. The van der Waals surface area contributed by atoms with E-state index in [4.69, 9.17) is 9.47 Å². The average molecular weight is 328 g/mol. The van der Waals surface area contributed by atoms with Crippen LogP contribution in [0.3, 0.4) is 0 Å².